The summed E-state index contributed by atoms with van der Waals surface area (Å²) in [5, 5.41) is 18.2. The summed E-state index contributed by atoms with van der Waals surface area (Å²) >= 11 is 0. The number of benzene rings is 2. The van der Waals surface area contributed by atoms with Crippen LogP contribution in [0, 0.1) is 5.92 Å². The molecule has 1 aliphatic heterocycles. The van der Waals surface area contributed by atoms with E-state index in [9.17, 15) is 27.9 Å². The Labute approximate surface area is 239 Å². The van der Waals surface area contributed by atoms with Gasteiger partial charge >= 0.3 is 12.3 Å². The fourth-order valence-electron chi connectivity index (χ4n) is 5.54. The lowest BCUT2D eigenvalue weighted by atomic mass is 9.72. The Morgan fingerprint density at radius 1 is 1.07 bits per heavy atom. The van der Waals surface area contributed by atoms with Crippen LogP contribution in [0.25, 0.3) is 11.1 Å². The Balaban J connectivity index is 2.04. The number of aliphatic hydroxyl groups is 1. The molecule has 2 amide bonds. The molecule has 1 heterocycles. The molecule has 2 aromatic carbocycles. The number of alkyl carbamates (subject to hydrolysis) is 1. The first kappa shape index (κ1) is 32.2. The van der Waals surface area contributed by atoms with Crippen molar-refractivity contribution in [3.63, 3.8) is 0 Å². The molecule has 2 atom stereocenters. The number of hydrogen-bond acceptors (Lipinski definition) is 6. The highest BCUT2D eigenvalue weighted by Gasteiger charge is 2.43. The molecular weight excluding hydrogens is 539 g/mol. The molecule has 0 aliphatic carbocycles. The maximum atomic E-state index is 13.7. The molecular formula is C30H40F3N3O5. The molecule has 2 unspecified atom stereocenters. The van der Waals surface area contributed by atoms with Gasteiger partial charge < -0.3 is 30.1 Å². The van der Waals surface area contributed by atoms with Gasteiger partial charge in [0, 0.05) is 37.5 Å². The van der Waals surface area contributed by atoms with Crippen molar-refractivity contribution in [1.82, 2.24) is 15.5 Å². The molecule has 0 radical (unpaired) electrons. The summed E-state index contributed by atoms with van der Waals surface area (Å²) in [6.45, 7) is 1.83. The van der Waals surface area contributed by atoms with Crippen molar-refractivity contribution < 1.29 is 37.3 Å². The number of amides is 2. The van der Waals surface area contributed by atoms with Gasteiger partial charge in [0.1, 0.15) is 5.75 Å². The average Bonchev–Trinajstić information content (AvgIpc) is 2.98. The van der Waals surface area contributed by atoms with Crippen LogP contribution < -0.4 is 15.4 Å². The number of likely N-dealkylation sites (tertiary alicyclic amines) is 1. The summed E-state index contributed by atoms with van der Waals surface area (Å²) < 4.78 is 51.2. The normalized spacial score (nSPS) is 17.0. The van der Waals surface area contributed by atoms with Crippen LogP contribution in [0.15, 0.2) is 42.5 Å². The second-order valence-corrected chi connectivity index (χ2v) is 10.3. The van der Waals surface area contributed by atoms with Gasteiger partial charge in [0.2, 0.25) is 5.91 Å². The second-order valence-electron chi connectivity index (χ2n) is 10.3. The van der Waals surface area contributed by atoms with E-state index in [4.69, 9.17) is 4.74 Å². The van der Waals surface area contributed by atoms with Crippen LogP contribution in [0.1, 0.15) is 49.7 Å². The first-order chi connectivity index (χ1) is 19.5. The minimum Gasteiger partial charge on any atom is -0.496 e. The highest BCUT2D eigenvalue weighted by molar-refractivity contribution is 5.77. The molecule has 41 heavy (non-hydrogen) atoms. The van der Waals surface area contributed by atoms with Crippen LogP contribution in [0.5, 0.6) is 5.75 Å². The van der Waals surface area contributed by atoms with Gasteiger partial charge in [-0.15, -0.1) is 0 Å². The zero-order valence-electron chi connectivity index (χ0n) is 23.9. The van der Waals surface area contributed by atoms with Gasteiger partial charge in [-0.25, -0.2) is 4.79 Å². The Bertz CT molecular complexity index is 1180. The van der Waals surface area contributed by atoms with E-state index in [2.05, 4.69) is 15.4 Å². The number of carbonyl (C=O) groups excluding carboxylic acids is 2. The smallest absolute Gasteiger partial charge is 0.416 e. The molecule has 1 aliphatic rings. The van der Waals surface area contributed by atoms with Crippen molar-refractivity contribution in [2.45, 2.75) is 50.3 Å². The third-order valence-corrected chi connectivity index (χ3v) is 7.67. The van der Waals surface area contributed by atoms with Gasteiger partial charge in [-0.3, -0.25) is 4.79 Å². The molecule has 0 aromatic heterocycles. The predicted molar refractivity (Wildman–Crippen MR) is 149 cm³/mol. The Kier molecular flexibility index (Phi) is 11.4. The Hall–Kier alpha value is -3.31. The van der Waals surface area contributed by atoms with Gasteiger partial charge in [0.05, 0.1) is 25.4 Å². The van der Waals surface area contributed by atoms with Gasteiger partial charge in [-0.1, -0.05) is 24.3 Å². The fraction of sp³-hybridized carbons (Fsp3) is 0.533. The second kappa shape index (κ2) is 14.5. The lowest BCUT2D eigenvalue weighted by molar-refractivity contribution is -0.138. The van der Waals surface area contributed by atoms with Gasteiger partial charge in [0.15, 0.2) is 0 Å². The molecule has 1 fully saturated rings. The fourth-order valence-corrected chi connectivity index (χ4v) is 5.54. The maximum Gasteiger partial charge on any atom is 0.416 e. The quantitative estimate of drug-likeness (QED) is 0.308. The van der Waals surface area contributed by atoms with Crippen molar-refractivity contribution in [3.8, 4) is 16.9 Å². The van der Waals surface area contributed by atoms with Gasteiger partial charge in [-0.2, -0.15) is 13.2 Å². The van der Waals surface area contributed by atoms with E-state index in [1.54, 1.807) is 29.2 Å². The molecule has 0 bridgehead atoms. The third-order valence-electron chi connectivity index (χ3n) is 7.67. The van der Waals surface area contributed by atoms with Crippen LogP contribution in [0.2, 0.25) is 0 Å². The van der Waals surface area contributed by atoms with E-state index in [-0.39, 0.29) is 36.1 Å². The zero-order valence-corrected chi connectivity index (χ0v) is 23.9. The number of nitrogens with one attached hydrogen (secondary N) is 2. The van der Waals surface area contributed by atoms with Crippen LogP contribution in [-0.4, -0.2) is 69.5 Å². The standard InChI is InChI=1S/C30H40F3N3O5/c1-34-16-6-12-27(37)36-18-7-9-22(20-36)29(39,15-8-17-35-28(38)41-3)25-11-5-4-10-23(25)24-19-21(30(31,32)33)13-14-26(24)40-2/h4-5,10-11,13-14,19,22,34,39H,6-9,12,15-18,20H2,1-3H3,(H,35,38). The minimum absolute atomic E-state index is 0.00694. The van der Waals surface area contributed by atoms with E-state index >= 15 is 0 Å². The first-order valence-electron chi connectivity index (χ1n) is 13.9. The van der Waals surface area contributed by atoms with Crippen molar-refractivity contribution in [2.24, 2.45) is 5.92 Å². The molecule has 226 valence electrons. The zero-order chi connectivity index (χ0) is 30.0. The maximum absolute atomic E-state index is 13.7. The predicted octanol–water partition coefficient (Wildman–Crippen LogP) is 4.94. The summed E-state index contributed by atoms with van der Waals surface area (Å²) in [5.74, 6) is -0.141. The number of ether oxygens (including phenoxy) is 2. The third kappa shape index (κ3) is 8.13. The molecule has 2 aromatic rings. The average molecular weight is 580 g/mol. The monoisotopic (exact) mass is 579 g/mol. The SMILES string of the molecule is CNCCCC(=O)N1CCCC(C(O)(CCCNC(=O)OC)c2ccccc2-c2cc(C(F)(F)F)ccc2OC)C1. The van der Waals surface area contributed by atoms with Crippen LogP contribution in [0.4, 0.5) is 18.0 Å². The summed E-state index contributed by atoms with van der Waals surface area (Å²) in [6.07, 6.45) is -2.23. The number of halogens is 3. The molecule has 1 saturated heterocycles. The Morgan fingerprint density at radius 2 is 1.83 bits per heavy atom. The number of piperidine rings is 1. The largest absolute Gasteiger partial charge is 0.496 e. The highest BCUT2D eigenvalue weighted by Crippen LogP contribution is 2.46. The van der Waals surface area contributed by atoms with E-state index < -0.39 is 23.4 Å². The number of rotatable bonds is 12. The van der Waals surface area contributed by atoms with Gasteiger partial charge in [-0.05, 0) is 75.0 Å². The number of alkyl halides is 3. The topological polar surface area (TPSA) is 100 Å². The lowest BCUT2D eigenvalue weighted by Gasteiger charge is -2.44. The minimum atomic E-state index is -4.57. The Morgan fingerprint density at radius 3 is 2.51 bits per heavy atom. The molecule has 0 spiro atoms. The van der Waals surface area contributed by atoms with Gasteiger partial charge in [0.25, 0.3) is 0 Å². The number of nitrogens with zero attached hydrogens (tertiary/aromatic N) is 1. The van der Waals surface area contributed by atoms with Crippen LogP contribution in [-0.2, 0) is 21.3 Å². The molecule has 0 saturated carbocycles. The molecule has 3 rings (SSSR count). The molecule has 3 N–H and O–H groups in total. The van der Waals surface area contributed by atoms with Crippen molar-refractivity contribution in [2.75, 3.05) is 47.4 Å². The number of methoxy groups -OCH3 is 2. The first-order valence-corrected chi connectivity index (χ1v) is 13.9. The number of hydrogen-bond donors (Lipinski definition) is 3. The van der Waals surface area contributed by atoms with E-state index in [0.717, 1.165) is 12.1 Å². The molecule has 8 nitrogen and oxygen atoms in total. The van der Waals surface area contributed by atoms with Crippen molar-refractivity contribution in [3.05, 3.63) is 53.6 Å². The van der Waals surface area contributed by atoms with Crippen LogP contribution in [0.3, 0.4) is 0 Å². The number of carbonyl (C=O) groups is 2. The van der Waals surface area contributed by atoms with Crippen molar-refractivity contribution in [1.29, 1.82) is 0 Å². The summed E-state index contributed by atoms with van der Waals surface area (Å²) in [6, 6.07) is 10.1. The molecule has 11 heteroatoms. The summed E-state index contributed by atoms with van der Waals surface area (Å²) in [5.41, 5.74) is -1.27. The lowest BCUT2D eigenvalue weighted by Crippen LogP contribution is -2.48. The van der Waals surface area contributed by atoms with E-state index in [1.807, 2.05) is 7.05 Å². The summed E-state index contributed by atoms with van der Waals surface area (Å²) in [4.78, 5) is 26.4. The highest BCUT2D eigenvalue weighted by atomic mass is 19.4. The summed E-state index contributed by atoms with van der Waals surface area (Å²) in [7, 11) is 4.47. The van der Waals surface area contributed by atoms with Crippen LogP contribution >= 0.6 is 0 Å². The van der Waals surface area contributed by atoms with E-state index in [0.29, 0.717) is 62.9 Å². The van der Waals surface area contributed by atoms with Crippen molar-refractivity contribution >= 4 is 12.0 Å². The van der Waals surface area contributed by atoms with E-state index in [1.165, 1.54) is 20.3 Å².